The molecule has 24 heavy (non-hydrogen) atoms. The van der Waals surface area contributed by atoms with Crippen LogP contribution < -0.4 is 5.32 Å². The molecule has 0 saturated carbocycles. The van der Waals surface area contributed by atoms with Gasteiger partial charge in [-0.25, -0.2) is 4.79 Å². The number of hydrogen-bond donors (Lipinski definition) is 1. The van der Waals surface area contributed by atoms with E-state index in [1.165, 1.54) is 4.90 Å². The Hall–Kier alpha value is -2.73. The summed E-state index contributed by atoms with van der Waals surface area (Å²) in [5, 5.41) is 2.88. The number of carbonyl (C=O) groups excluding carboxylic acids is 2. The summed E-state index contributed by atoms with van der Waals surface area (Å²) in [6.07, 6.45) is 1.63. The standard InChI is InChI=1S/C18H20N4O2/c1-21(2)12-13-22-16(23)18(20-17(22)24,14-8-4-3-5-9-14)15-10-6-7-11-19-15/h3-11H,12-13H2,1-2H3,(H,20,24)/t18-/m0/s1. The summed E-state index contributed by atoms with van der Waals surface area (Å²) in [6.45, 7) is 0.936. The average Bonchev–Trinajstić information content (AvgIpc) is 2.86. The van der Waals surface area contributed by atoms with Gasteiger partial charge >= 0.3 is 6.03 Å². The zero-order valence-corrected chi connectivity index (χ0v) is 13.8. The summed E-state index contributed by atoms with van der Waals surface area (Å²) in [5.74, 6) is -0.292. The van der Waals surface area contributed by atoms with Crippen molar-refractivity contribution in [3.8, 4) is 0 Å². The van der Waals surface area contributed by atoms with E-state index in [-0.39, 0.29) is 5.91 Å². The van der Waals surface area contributed by atoms with Crippen LogP contribution in [0.25, 0.3) is 0 Å². The minimum atomic E-state index is -1.27. The molecule has 1 atom stereocenters. The van der Waals surface area contributed by atoms with Gasteiger partial charge in [-0.15, -0.1) is 0 Å². The third kappa shape index (κ3) is 2.65. The van der Waals surface area contributed by atoms with E-state index in [0.717, 1.165) is 0 Å². The summed E-state index contributed by atoms with van der Waals surface area (Å²) in [4.78, 5) is 33.3. The topological polar surface area (TPSA) is 65.5 Å². The number of carbonyl (C=O) groups is 2. The summed E-state index contributed by atoms with van der Waals surface area (Å²) in [7, 11) is 3.81. The maximum absolute atomic E-state index is 13.2. The van der Waals surface area contributed by atoms with Gasteiger partial charge in [-0.05, 0) is 31.8 Å². The van der Waals surface area contributed by atoms with Gasteiger partial charge in [0.05, 0.1) is 5.69 Å². The number of imide groups is 1. The molecule has 1 aliphatic rings. The number of hydrogen-bond acceptors (Lipinski definition) is 4. The number of likely N-dealkylation sites (N-methyl/N-ethyl adjacent to an activating group) is 1. The summed E-state index contributed by atoms with van der Waals surface area (Å²) >= 11 is 0. The molecule has 2 aromatic rings. The summed E-state index contributed by atoms with van der Waals surface area (Å²) in [5.41, 5.74) is -0.0531. The molecule has 6 heteroatoms. The van der Waals surface area contributed by atoms with Gasteiger partial charge in [-0.1, -0.05) is 36.4 Å². The molecule has 1 fully saturated rings. The lowest BCUT2D eigenvalue weighted by Gasteiger charge is -2.27. The number of amides is 3. The number of nitrogens with one attached hydrogen (secondary N) is 1. The van der Waals surface area contributed by atoms with Gasteiger partial charge < -0.3 is 10.2 Å². The van der Waals surface area contributed by atoms with Gasteiger partial charge in [0, 0.05) is 19.3 Å². The van der Waals surface area contributed by atoms with Gasteiger partial charge in [0.1, 0.15) is 0 Å². The molecule has 3 rings (SSSR count). The Kier molecular flexibility index (Phi) is 4.31. The van der Waals surface area contributed by atoms with Crippen LogP contribution in [0.5, 0.6) is 0 Å². The molecule has 124 valence electrons. The molecule has 2 heterocycles. The quantitative estimate of drug-likeness (QED) is 0.845. The number of rotatable bonds is 5. The zero-order chi connectivity index (χ0) is 17.2. The highest BCUT2D eigenvalue weighted by atomic mass is 16.2. The van der Waals surface area contributed by atoms with E-state index in [0.29, 0.717) is 24.3 Å². The van der Waals surface area contributed by atoms with Crippen LogP contribution in [0.2, 0.25) is 0 Å². The van der Waals surface area contributed by atoms with E-state index in [4.69, 9.17) is 0 Å². The smallest absolute Gasteiger partial charge is 0.314 e. The van der Waals surface area contributed by atoms with Crippen LogP contribution in [-0.4, -0.2) is 53.9 Å². The average molecular weight is 324 g/mol. The second kappa shape index (κ2) is 6.41. The largest absolute Gasteiger partial charge is 0.325 e. The van der Waals surface area contributed by atoms with Crippen LogP contribution in [0.4, 0.5) is 4.79 Å². The van der Waals surface area contributed by atoms with E-state index in [9.17, 15) is 9.59 Å². The number of urea groups is 1. The van der Waals surface area contributed by atoms with Gasteiger partial charge in [0.15, 0.2) is 5.54 Å². The Labute approximate surface area is 141 Å². The molecule has 1 aromatic heterocycles. The highest BCUT2D eigenvalue weighted by Crippen LogP contribution is 2.34. The lowest BCUT2D eigenvalue weighted by Crippen LogP contribution is -2.46. The lowest BCUT2D eigenvalue weighted by molar-refractivity contribution is -0.130. The Bertz CT molecular complexity index is 692. The molecule has 1 aliphatic heterocycles. The van der Waals surface area contributed by atoms with Crippen LogP contribution in [0, 0.1) is 0 Å². The SMILES string of the molecule is CN(C)CCN1C(=O)N[C@@](c2ccccc2)(c2ccccn2)C1=O. The Morgan fingerprint density at radius 1 is 1.08 bits per heavy atom. The van der Waals surface area contributed by atoms with E-state index >= 15 is 0 Å². The molecular formula is C18H20N4O2. The summed E-state index contributed by atoms with van der Waals surface area (Å²) in [6, 6.07) is 14.2. The van der Waals surface area contributed by atoms with Crippen molar-refractivity contribution in [3.63, 3.8) is 0 Å². The zero-order valence-electron chi connectivity index (χ0n) is 13.8. The highest BCUT2D eigenvalue weighted by molar-refractivity contribution is 6.09. The first kappa shape index (κ1) is 16.1. The fourth-order valence-electron chi connectivity index (χ4n) is 2.87. The maximum Gasteiger partial charge on any atom is 0.325 e. The van der Waals surface area contributed by atoms with Gasteiger partial charge in [0.2, 0.25) is 0 Å². The van der Waals surface area contributed by atoms with Crippen LogP contribution in [0.3, 0.4) is 0 Å². The molecule has 0 radical (unpaired) electrons. The second-order valence-electron chi connectivity index (χ2n) is 6.02. The van der Waals surface area contributed by atoms with Crippen molar-refractivity contribution >= 4 is 11.9 Å². The fraction of sp³-hybridized carbons (Fsp3) is 0.278. The van der Waals surface area contributed by atoms with E-state index < -0.39 is 11.6 Å². The lowest BCUT2D eigenvalue weighted by atomic mass is 9.86. The monoisotopic (exact) mass is 324 g/mol. The van der Waals surface area contributed by atoms with Crippen molar-refractivity contribution in [1.29, 1.82) is 0 Å². The second-order valence-corrected chi connectivity index (χ2v) is 6.02. The number of nitrogens with zero attached hydrogens (tertiary/aromatic N) is 3. The van der Waals surface area contributed by atoms with Crippen molar-refractivity contribution in [2.24, 2.45) is 0 Å². The van der Waals surface area contributed by atoms with Crippen molar-refractivity contribution < 1.29 is 9.59 Å². The van der Waals surface area contributed by atoms with E-state index in [1.807, 2.05) is 55.4 Å². The Morgan fingerprint density at radius 3 is 2.42 bits per heavy atom. The molecule has 1 N–H and O–H groups in total. The number of benzene rings is 1. The third-order valence-electron chi connectivity index (χ3n) is 4.13. The molecule has 0 unspecified atom stereocenters. The van der Waals surface area contributed by atoms with Crippen molar-refractivity contribution in [2.45, 2.75) is 5.54 Å². The Morgan fingerprint density at radius 2 is 1.79 bits per heavy atom. The molecule has 0 aliphatic carbocycles. The molecule has 1 aromatic carbocycles. The molecular weight excluding hydrogens is 304 g/mol. The van der Waals surface area contributed by atoms with Gasteiger partial charge in [0.25, 0.3) is 5.91 Å². The van der Waals surface area contributed by atoms with Gasteiger partial charge in [-0.3, -0.25) is 14.7 Å². The minimum Gasteiger partial charge on any atom is -0.314 e. The molecule has 1 saturated heterocycles. The van der Waals surface area contributed by atoms with Crippen LogP contribution in [0.15, 0.2) is 54.7 Å². The highest BCUT2D eigenvalue weighted by Gasteiger charge is 2.54. The predicted molar refractivity (Wildman–Crippen MR) is 90.3 cm³/mol. The first-order valence-corrected chi connectivity index (χ1v) is 7.81. The van der Waals surface area contributed by atoms with Crippen LogP contribution >= 0.6 is 0 Å². The summed E-state index contributed by atoms with van der Waals surface area (Å²) < 4.78 is 0. The maximum atomic E-state index is 13.2. The third-order valence-corrected chi connectivity index (χ3v) is 4.13. The predicted octanol–water partition coefficient (Wildman–Crippen LogP) is 1.44. The molecule has 3 amide bonds. The van der Waals surface area contributed by atoms with Crippen molar-refractivity contribution in [3.05, 3.63) is 66.0 Å². The first-order chi connectivity index (χ1) is 11.6. The van der Waals surface area contributed by atoms with E-state index in [1.54, 1.807) is 18.3 Å². The molecule has 0 bridgehead atoms. The number of aromatic nitrogens is 1. The Balaban J connectivity index is 2.07. The van der Waals surface area contributed by atoms with Crippen LogP contribution in [0.1, 0.15) is 11.3 Å². The number of pyridine rings is 1. The van der Waals surface area contributed by atoms with E-state index in [2.05, 4.69) is 10.3 Å². The van der Waals surface area contributed by atoms with Gasteiger partial charge in [-0.2, -0.15) is 0 Å². The van der Waals surface area contributed by atoms with Crippen molar-refractivity contribution in [1.82, 2.24) is 20.1 Å². The first-order valence-electron chi connectivity index (χ1n) is 7.81. The normalized spacial score (nSPS) is 20.5. The molecule has 0 spiro atoms. The fourth-order valence-corrected chi connectivity index (χ4v) is 2.87. The van der Waals surface area contributed by atoms with Crippen LogP contribution in [-0.2, 0) is 10.3 Å². The van der Waals surface area contributed by atoms with Crippen molar-refractivity contribution in [2.75, 3.05) is 27.2 Å². The molecule has 6 nitrogen and oxygen atoms in total. The minimum absolute atomic E-state index is 0.292.